The molecule has 0 atom stereocenters. The van der Waals surface area contributed by atoms with E-state index >= 15 is 0 Å². The molecule has 0 rings (SSSR count). The van der Waals surface area contributed by atoms with Gasteiger partial charge in [-0.15, -0.1) is 0 Å². The number of carbonyl (C=O) groups is 2. The highest BCUT2D eigenvalue weighted by molar-refractivity contribution is 5.78. The molecular weight excluding hydrogens is 214 g/mol. The number of rotatable bonds is 9. The molecule has 0 saturated carbocycles. The number of hydrogen-bond donors (Lipinski definition) is 1. The standard InChI is InChI=1S/C10H19NO5/c1-3-16-8-9(12)11(6-7-15-2)5-4-10(13)14/h3-8H2,1-2H3,(H,13,14). The van der Waals surface area contributed by atoms with E-state index in [0.29, 0.717) is 19.8 Å². The Bertz CT molecular complexity index is 219. The summed E-state index contributed by atoms with van der Waals surface area (Å²) in [5, 5.41) is 8.55. The molecule has 0 aromatic rings. The second-order valence-corrected chi connectivity index (χ2v) is 3.15. The number of methoxy groups -OCH3 is 1. The van der Waals surface area contributed by atoms with E-state index in [0.717, 1.165) is 0 Å². The molecule has 0 heterocycles. The smallest absolute Gasteiger partial charge is 0.305 e. The molecule has 6 heteroatoms. The zero-order chi connectivity index (χ0) is 12.4. The van der Waals surface area contributed by atoms with Crippen LogP contribution in [0.2, 0.25) is 0 Å². The Labute approximate surface area is 95.1 Å². The van der Waals surface area contributed by atoms with Crippen LogP contribution in [0, 0.1) is 0 Å². The number of aliphatic carboxylic acids is 1. The first kappa shape index (κ1) is 14.9. The van der Waals surface area contributed by atoms with Gasteiger partial charge in [-0.2, -0.15) is 0 Å². The van der Waals surface area contributed by atoms with Crippen molar-refractivity contribution in [2.24, 2.45) is 0 Å². The number of carboxylic acids is 1. The summed E-state index contributed by atoms with van der Waals surface area (Å²) >= 11 is 0. The van der Waals surface area contributed by atoms with Gasteiger partial charge in [0, 0.05) is 26.8 Å². The normalized spacial score (nSPS) is 10.1. The van der Waals surface area contributed by atoms with E-state index in [1.54, 1.807) is 6.92 Å². The van der Waals surface area contributed by atoms with Crippen molar-refractivity contribution < 1.29 is 24.2 Å². The molecular formula is C10H19NO5. The number of hydrogen-bond acceptors (Lipinski definition) is 4. The van der Waals surface area contributed by atoms with Crippen molar-refractivity contribution in [3.05, 3.63) is 0 Å². The Morgan fingerprint density at radius 1 is 1.31 bits per heavy atom. The Hall–Kier alpha value is -1.14. The lowest BCUT2D eigenvalue weighted by Gasteiger charge is -2.21. The summed E-state index contributed by atoms with van der Waals surface area (Å²) < 4.78 is 9.84. The number of carboxylic acid groups (broad SMARTS) is 1. The van der Waals surface area contributed by atoms with E-state index in [-0.39, 0.29) is 25.5 Å². The molecule has 0 aromatic heterocycles. The maximum atomic E-state index is 11.6. The van der Waals surface area contributed by atoms with Gasteiger partial charge in [-0.3, -0.25) is 9.59 Å². The van der Waals surface area contributed by atoms with Crippen molar-refractivity contribution in [2.45, 2.75) is 13.3 Å². The van der Waals surface area contributed by atoms with Crippen molar-refractivity contribution >= 4 is 11.9 Å². The highest BCUT2D eigenvalue weighted by Gasteiger charge is 2.14. The fraction of sp³-hybridized carbons (Fsp3) is 0.800. The van der Waals surface area contributed by atoms with Crippen LogP contribution in [0.15, 0.2) is 0 Å². The van der Waals surface area contributed by atoms with Crippen LogP contribution in [0.25, 0.3) is 0 Å². The second-order valence-electron chi connectivity index (χ2n) is 3.15. The maximum absolute atomic E-state index is 11.6. The molecule has 1 amide bonds. The quantitative estimate of drug-likeness (QED) is 0.605. The molecule has 0 aliphatic carbocycles. The van der Waals surface area contributed by atoms with E-state index in [1.165, 1.54) is 12.0 Å². The minimum absolute atomic E-state index is 0.0141. The molecule has 1 N–H and O–H groups in total. The van der Waals surface area contributed by atoms with Crippen LogP contribution in [0.4, 0.5) is 0 Å². The molecule has 0 aliphatic rings. The highest BCUT2D eigenvalue weighted by atomic mass is 16.5. The predicted octanol–water partition coefficient (Wildman–Crippen LogP) is -0.0274. The van der Waals surface area contributed by atoms with E-state index in [9.17, 15) is 9.59 Å². The second kappa shape index (κ2) is 9.11. The van der Waals surface area contributed by atoms with E-state index in [2.05, 4.69) is 0 Å². The van der Waals surface area contributed by atoms with Crippen molar-refractivity contribution in [1.29, 1.82) is 0 Å². The lowest BCUT2D eigenvalue weighted by Crippen LogP contribution is -2.38. The van der Waals surface area contributed by atoms with Gasteiger partial charge in [-0.1, -0.05) is 0 Å². The molecule has 0 bridgehead atoms. The number of ether oxygens (including phenoxy) is 2. The van der Waals surface area contributed by atoms with Crippen LogP contribution in [-0.2, 0) is 19.1 Å². The third-order valence-electron chi connectivity index (χ3n) is 1.94. The van der Waals surface area contributed by atoms with Gasteiger partial charge in [-0.25, -0.2) is 0 Å². The lowest BCUT2D eigenvalue weighted by atomic mass is 10.3. The molecule has 0 fully saturated rings. The van der Waals surface area contributed by atoms with Gasteiger partial charge < -0.3 is 19.5 Å². The van der Waals surface area contributed by atoms with Crippen molar-refractivity contribution in [3.8, 4) is 0 Å². The summed E-state index contributed by atoms with van der Waals surface area (Å²) in [4.78, 5) is 23.4. The van der Waals surface area contributed by atoms with E-state index in [4.69, 9.17) is 14.6 Å². The van der Waals surface area contributed by atoms with Gasteiger partial charge in [-0.05, 0) is 6.92 Å². The molecule has 94 valence electrons. The lowest BCUT2D eigenvalue weighted by molar-refractivity contribution is -0.140. The van der Waals surface area contributed by atoms with Crippen molar-refractivity contribution in [1.82, 2.24) is 4.90 Å². The van der Waals surface area contributed by atoms with E-state index < -0.39 is 5.97 Å². The average Bonchev–Trinajstić information content (AvgIpc) is 2.25. The highest BCUT2D eigenvalue weighted by Crippen LogP contribution is 1.95. The molecule has 0 radical (unpaired) electrons. The topological polar surface area (TPSA) is 76.1 Å². The minimum Gasteiger partial charge on any atom is -0.481 e. The largest absolute Gasteiger partial charge is 0.481 e. The van der Waals surface area contributed by atoms with Gasteiger partial charge in [0.15, 0.2) is 0 Å². The molecule has 0 spiro atoms. The summed E-state index contributed by atoms with van der Waals surface area (Å²) in [6, 6.07) is 0. The Morgan fingerprint density at radius 3 is 2.50 bits per heavy atom. The van der Waals surface area contributed by atoms with Crippen LogP contribution in [0.5, 0.6) is 0 Å². The first-order valence-electron chi connectivity index (χ1n) is 5.18. The number of carbonyl (C=O) groups excluding carboxylic acids is 1. The van der Waals surface area contributed by atoms with Gasteiger partial charge in [0.25, 0.3) is 0 Å². The molecule has 0 saturated heterocycles. The predicted molar refractivity (Wildman–Crippen MR) is 57.2 cm³/mol. The summed E-state index contributed by atoms with van der Waals surface area (Å²) in [7, 11) is 1.53. The average molecular weight is 233 g/mol. The molecule has 0 aliphatic heterocycles. The van der Waals surface area contributed by atoms with Crippen molar-refractivity contribution in [2.75, 3.05) is 40.0 Å². The summed E-state index contributed by atoms with van der Waals surface area (Å²) in [5.41, 5.74) is 0. The number of nitrogens with zero attached hydrogens (tertiary/aromatic N) is 1. The SMILES string of the molecule is CCOCC(=O)N(CCOC)CCC(=O)O. The third-order valence-corrected chi connectivity index (χ3v) is 1.94. The van der Waals surface area contributed by atoms with Gasteiger partial charge in [0.1, 0.15) is 6.61 Å². The Balaban J connectivity index is 4.06. The zero-order valence-electron chi connectivity index (χ0n) is 9.77. The molecule has 0 unspecified atom stereocenters. The summed E-state index contributed by atoms with van der Waals surface area (Å²) in [6.07, 6.45) is -0.0679. The third kappa shape index (κ3) is 7.19. The van der Waals surface area contributed by atoms with Crippen LogP contribution in [-0.4, -0.2) is 61.9 Å². The van der Waals surface area contributed by atoms with Gasteiger partial charge >= 0.3 is 5.97 Å². The Kier molecular flexibility index (Phi) is 8.46. The maximum Gasteiger partial charge on any atom is 0.305 e. The van der Waals surface area contributed by atoms with Crippen molar-refractivity contribution in [3.63, 3.8) is 0 Å². The van der Waals surface area contributed by atoms with Crippen LogP contribution < -0.4 is 0 Å². The van der Waals surface area contributed by atoms with Crippen LogP contribution >= 0.6 is 0 Å². The van der Waals surface area contributed by atoms with Gasteiger partial charge in [0.2, 0.25) is 5.91 Å². The fourth-order valence-corrected chi connectivity index (χ4v) is 1.07. The molecule has 6 nitrogen and oxygen atoms in total. The zero-order valence-corrected chi connectivity index (χ0v) is 9.77. The number of amides is 1. The molecule has 0 aromatic carbocycles. The first-order chi connectivity index (χ1) is 7.61. The van der Waals surface area contributed by atoms with E-state index in [1.807, 2.05) is 0 Å². The summed E-state index contributed by atoms with van der Waals surface area (Å²) in [5.74, 6) is -1.13. The monoisotopic (exact) mass is 233 g/mol. The summed E-state index contributed by atoms with van der Waals surface area (Å²) in [6.45, 7) is 3.20. The van der Waals surface area contributed by atoms with Crippen LogP contribution in [0.3, 0.4) is 0 Å². The van der Waals surface area contributed by atoms with Crippen LogP contribution in [0.1, 0.15) is 13.3 Å². The molecule has 16 heavy (non-hydrogen) atoms. The Morgan fingerprint density at radius 2 is 2.00 bits per heavy atom. The van der Waals surface area contributed by atoms with Gasteiger partial charge in [0.05, 0.1) is 13.0 Å². The first-order valence-corrected chi connectivity index (χ1v) is 5.18. The fourth-order valence-electron chi connectivity index (χ4n) is 1.07. The minimum atomic E-state index is -0.924.